The molecule has 1 heterocycles. The van der Waals surface area contributed by atoms with Gasteiger partial charge >= 0.3 is 0 Å². The number of hydrogen-bond donors (Lipinski definition) is 1. The fourth-order valence-corrected chi connectivity index (χ4v) is 3.06. The molecule has 0 saturated heterocycles. The van der Waals surface area contributed by atoms with Crippen molar-refractivity contribution in [2.75, 3.05) is 7.11 Å². The van der Waals surface area contributed by atoms with Gasteiger partial charge in [-0.1, -0.05) is 12.8 Å². The number of rotatable bonds is 4. The van der Waals surface area contributed by atoms with Crippen LogP contribution in [0.5, 0.6) is 0 Å². The summed E-state index contributed by atoms with van der Waals surface area (Å²) >= 11 is 0. The van der Waals surface area contributed by atoms with Crippen molar-refractivity contribution in [3.05, 3.63) is 23.2 Å². The highest BCUT2D eigenvalue weighted by molar-refractivity contribution is 5.23. The van der Waals surface area contributed by atoms with E-state index < -0.39 is 0 Å². The first-order chi connectivity index (χ1) is 8.61. The third kappa shape index (κ3) is 2.96. The zero-order valence-corrected chi connectivity index (χ0v) is 12.0. The van der Waals surface area contributed by atoms with E-state index in [9.17, 15) is 0 Å². The average molecular weight is 251 g/mol. The minimum atomic E-state index is 0.322. The molecule has 1 aliphatic carbocycles. The van der Waals surface area contributed by atoms with Crippen molar-refractivity contribution in [3.63, 3.8) is 0 Å². The van der Waals surface area contributed by atoms with Crippen molar-refractivity contribution < 1.29 is 9.15 Å². The molecule has 1 N–H and O–H groups in total. The van der Waals surface area contributed by atoms with Gasteiger partial charge in [0.1, 0.15) is 11.5 Å². The summed E-state index contributed by atoms with van der Waals surface area (Å²) in [5.41, 5.74) is 1.27. The molecule has 0 bridgehead atoms. The average Bonchev–Trinajstić information content (AvgIpc) is 2.69. The summed E-state index contributed by atoms with van der Waals surface area (Å²) in [7, 11) is 1.82. The molecule has 0 amide bonds. The lowest BCUT2D eigenvalue weighted by Crippen LogP contribution is -2.44. The van der Waals surface area contributed by atoms with Crippen LogP contribution in [0, 0.1) is 13.8 Å². The lowest BCUT2D eigenvalue weighted by atomic mass is 9.91. The minimum Gasteiger partial charge on any atom is -0.466 e. The summed E-state index contributed by atoms with van der Waals surface area (Å²) in [6, 6.07) is 2.93. The Morgan fingerprint density at radius 1 is 1.33 bits per heavy atom. The van der Waals surface area contributed by atoms with Gasteiger partial charge in [-0.2, -0.15) is 0 Å². The molecule has 3 heteroatoms. The summed E-state index contributed by atoms with van der Waals surface area (Å²) in [4.78, 5) is 0. The number of aryl methyl sites for hydroxylation is 2. The molecule has 0 aliphatic heterocycles. The molecule has 18 heavy (non-hydrogen) atoms. The van der Waals surface area contributed by atoms with Crippen molar-refractivity contribution in [1.29, 1.82) is 0 Å². The van der Waals surface area contributed by atoms with Crippen LogP contribution in [0.4, 0.5) is 0 Å². The summed E-state index contributed by atoms with van der Waals surface area (Å²) in [6.07, 6.45) is 5.32. The van der Waals surface area contributed by atoms with Gasteiger partial charge in [0.15, 0.2) is 0 Å². The Balaban J connectivity index is 2.01. The molecule has 0 aromatic carbocycles. The van der Waals surface area contributed by atoms with Gasteiger partial charge in [-0.15, -0.1) is 0 Å². The van der Waals surface area contributed by atoms with Crippen LogP contribution in [-0.2, 0) is 4.74 Å². The largest absolute Gasteiger partial charge is 0.466 e. The SMILES string of the molecule is COC1CCCCC1NC(C)c1cc(C)oc1C. The quantitative estimate of drug-likeness (QED) is 0.889. The van der Waals surface area contributed by atoms with E-state index in [0.29, 0.717) is 18.2 Å². The monoisotopic (exact) mass is 251 g/mol. The van der Waals surface area contributed by atoms with E-state index in [4.69, 9.17) is 9.15 Å². The lowest BCUT2D eigenvalue weighted by Gasteiger charge is -2.33. The molecule has 3 atom stereocenters. The van der Waals surface area contributed by atoms with Crippen molar-refractivity contribution in [3.8, 4) is 0 Å². The third-order valence-electron chi connectivity index (χ3n) is 4.02. The molecule has 3 nitrogen and oxygen atoms in total. The summed E-state index contributed by atoms with van der Waals surface area (Å²) in [6.45, 7) is 6.25. The first-order valence-corrected chi connectivity index (χ1v) is 6.97. The van der Waals surface area contributed by atoms with Crippen LogP contribution in [0.1, 0.15) is 55.7 Å². The normalized spacial score (nSPS) is 26.2. The molecule has 0 spiro atoms. The highest BCUT2D eigenvalue weighted by atomic mass is 16.5. The molecular formula is C15H25NO2. The number of nitrogens with one attached hydrogen (secondary N) is 1. The third-order valence-corrected chi connectivity index (χ3v) is 4.02. The maximum Gasteiger partial charge on any atom is 0.105 e. The molecule has 1 aromatic rings. The van der Waals surface area contributed by atoms with Gasteiger partial charge < -0.3 is 14.5 Å². The van der Waals surface area contributed by atoms with E-state index in [2.05, 4.69) is 18.3 Å². The number of ether oxygens (including phenoxy) is 1. The molecule has 102 valence electrons. The van der Waals surface area contributed by atoms with E-state index in [-0.39, 0.29) is 0 Å². The summed E-state index contributed by atoms with van der Waals surface area (Å²) in [5, 5.41) is 3.71. The zero-order chi connectivity index (χ0) is 13.1. The maximum atomic E-state index is 5.61. The molecule has 0 radical (unpaired) electrons. The Hall–Kier alpha value is -0.800. The molecule has 1 fully saturated rings. The Morgan fingerprint density at radius 2 is 2.06 bits per heavy atom. The number of hydrogen-bond acceptors (Lipinski definition) is 3. The highest BCUT2D eigenvalue weighted by Gasteiger charge is 2.27. The Kier molecular flexibility index (Phi) is 4.46. The first-order valence-electron chi connectivity index (χ1n) is 6.97. The highest BCUT2D eigenvalue weighted by Crippen LogP contribution is 2.26. The maximum absolute atomic E-state index is 5.61. The fraction of sp³-hybridized carbons (Fsp3) is 0.733. The Bertz CT molecular complexity index is 386. The van der Waals surface area contributed by atoms with E-state index in [1.54, 1.807) is 0 Å². The number of methoxy groups -OCH3 is 1. The second kappa shape index (κ2) is 5.89. The van der Waals surface area contributed by atoms with E-state index in [0.717, 1.165) is 11.5 Å². The van der Waals surface area contributed by atoms with Gasteiger partial charge in [0.2, 0.25) is 0 Å². The van der Waals surface area contributed by atoms with Crippen LogP contribution >= 0.6 is 0 Å². The van der Waals surface area contributed by atoms with Gasteiger partial charge in [0.25, 0.3) is 0 Å². The van der Waals surface area contributed by atoms with Crippen molar-refractivity contribution >= 4 is 0 Å². The topological polar surface area (TPSA) is 34.4 Å². The predicted octanol–water partition coefficient (Wildman–Crippen LogP) is 3.50. The van der Waals surface area contributed by atoms with E-state index >= 15 is 0 Å². The molecule has 1 aromatic heterocycles. The second-order valence-corrected chi connectivity index (χ2v) is 5.42. The first kappa shape index (κ1) is 13.6. The van der Waals surface area contributed by atoms with Crippen LogP contribution in [0.3, 0.4) is 0 Å². The van der Waals surface area contributed by atoms with Gasteiger partial charge in [-0.05, 0) is 39.7 Å². The van der Waals surface area contributed by atoms with Crippen LogP contribution in [0.2, 0.25) is 0 Å². The van der Waals surface area contributed by atoms with Crippen molar-refractivity contribution in [1.82, 2.24) is 5.32 Å². The fourth-order valence-electron chi connectivity index (χ4n) is 3.06. The second-order valence-electron chi connectivity index (χ2n) is 5.42. The molecule has 2 rings (SSSR count). The number of furan rings is 1. The van der Waals surface area contributed by atoms with Crippen LogP contribution in [0.15, 0.2) is 10.5 Å². The van der Waals surface area contributed by atoms with Gasteiger partial charge in [0.05, 0.1) is 6.10 Å². The van der Waals surface area contributed by atoms with Gasteiger partial charge in [-0.3, -0.25) is 0 Å². The van der Waals surface area contributed by atoms with Crippen LogP contribution in [-0.4, -0.2) is 19.3 Å². The Morgan fingerprint density at radius 3 is 2.67 bits per heavy atom. The minimum absolute atomic E-state index is 0.322. The van der Waals surface area contributed by atoms with Crippen molar-refractivity contribution in [2.45, 2.75) is 64.6 Å². The predicted molar refractivity (Wildman–Crippen MR) is 72.8 cm³/mol. The van der Waals surface area contributed by atoms with E-state index in [1.165, 1.54) is 31.2 Å². The van der Waals surface area contributed by atoms with Crippen molar-refractivity contribution in [2.24, 2.45) is 0 Å². The molecule has 3 unspecified atom stereocenters. The molecular weight excluding hydrogens is 226 g/mol. The molecule has 1 aliphatic rings. The van der Waals surface area contributed by atoms with Gasteiger partial charge in [0, 0.05) is 24.8 Å². The molecule has 1 saturated carbocycles. The van der Waals surface area contributed by atoms with Crippen LogP contribution < -0.4 is 5.32 Å². The lowest BCUT2D eigenvalue weighted by molar-refractivity contribution is 0.0383. The van der Waals surface area contributed by atoms with Gasteiger partial charge in [-0.25, -0.2) is 0 Å². The van der Waals surface area contributed by atoms with E-state index in [1.807, 2.05) is 21.0 Å². The summed E-state index contributed by atoms with van der Waals surface area (Å²) in [5.74, 6) is 2.01. The van der Waals surface area contributed by atoms with Crippen LogP contribution in [0.25, 0.3) is 0 Å². The summed E-state index contributed by atoms with van der Waals surface area (Å²) < 4.78 is 11.2. The smallest absolute Gasteiger partial charge is 0.105 e. The standard InChI is InChI=1S/C15H25NO2/c1-10-9-13(12(3)18-10)11(2)16-14-7-5-6-8-15(14)17-4/h9,11,14-16H,5-8H2,1-4H3. The Labute approximate surface area is 110 Å². The zero-order valence-electron chi connectivity index (χ0n) is 12.0.